The molecule has 4 aliphatic rings. The molecule has 3 heterocycles. The molecule has 5 atom stereocenters. The average Bonchev–Trinajstić information content (AvgIpc) is 4.03. The van der Waals surface area contributed by atoms with Gasteiger partial charge in [-0.1, -0.05) is 45.8 Å². The second kappa shape index (κ2) is 17.7. The van der Waals surface area contributed by atoms with E-state index in [0.29, 0.717) is 61.1 Å². The Labute approximate surface area is 375 Å². The van der Waals surface area contributed by atoms with E-state index in [1.165, 1.54) is 4.90 Å². The largest absolute Gasteiger partial charge is 0.543 e. The van der Waals surface area contributed by atoms with Crippen molar-refractivity contribution >= 4 is 52.9 Å². The van der Waals surface area contributed by atoms with E-state index in [2.05, 4.69) is 43.9 Å². The quantitative estimate of drug-likeness (QED) is 0.173. The van der Waals surface area contributed by atoms with Crippen LogP contribution in [0.4, 0.5) is 4.79 Å². The van der Waals surface area contributed by atoms with Crippen LogP contribution < -0.4 is 23.9 Å². The minimum absolute atomic E-state index is 0.00668. The number of allylic oxidation sites excluding steroid dienone is 2. The Hall–Kier alpha value is -4.18. The van der Waals surface area contributed by atoms with Gasteiger partial charge in [-0.05, 0) is 123 Å². The second-order valence-electron chi connectivity index (χ2n) is 21.3. The van der Waals surface area contributed by atoms with Gasteiger partial charge in [0.25, 0.3) is 0 Å². The van der Waals surface area contributed by atoms with Crippen molar-refractivity contribution in [1.29, 1.82) is 0 Å². The smallest absolute Gasteiger partial charge is 0.408 e. The zero-order chi connectivity index (χ0) is 46.5. The number of aromatic nitrogens is 1. The first-order valence-corrected chi connectivity index (χ1v) is 27.1. The molecule has 1 aromatic carbocycles. The summed E-state index contributed by atoms with van der Waals surface area (Å²) in [7, 11) is -6.20. The van der Waals surface area contributed by atoms with Crippen LogP contribution in [-0.2, 0) is 29.1 Å². The Kier molecular flexibility index (Phi) is 13.5. The molecule has 0 unspecified atom stereocenters. The van der Waals surface area contributed by atoms with E-state index in [1.807, 2.05) is 45.1 Å². The molecular formula is C47H70N4O10SSi. The highest BCUT2D eigenvalue weighted by atomic mass is 32.2. The Bertz CT molecular complexity index is 2240. The van der Waals surface area contributed by atoms with Crippen LogP contribution in [0.1, 0.15) is 132 Å². The lowest BCUT2D eigenvalue weighted by Crippen LogP contribution is -2.53. The number of benzene rings is 1. The highest BCUT2D eigenvalue weighted by molar-refractivity contribution is 7.91. The van der Waals surface area contributed by atoms with Gasteiger partial charge in [-0.2, -0.15) is 0 Å². The molecule has 2 aliphatic carbocycles. The summed E-state index contributed by atoms with van der Waals surface area (Å²) in [5.41, 5.74) is -0.644. The van der Waals surface area contributed by atoms with E-state index in [9.17, 15) is 27.6 Å². The normalized spacial score (nSPS) is 26.1. The lowest BCUT2D eigenvalue weighted by Gasteiger charge is -2.37. The van der Waals surface area contributed by atoms with Crippen LogP contribution >= 0.6 is 0 Å². The van der Waals surface area contributed by atoms with Crippen molar-refractivity contribution in [3.05, 3.63) is 35.9 Å². The summed E-state index contributed by atoms with van der Waals surface area (Å²) in [4.78, 5) is 63.3. The Balaban J connectivity index is 1.37. The Morgan fingerprint density at radius 2 is 1.71 bits per heavy atom. The summed E-state index contributed by atoms with van der Waals surface area (Å²) in [5, 5.41) is 3.46. The first kappa shape index (κ1) is 48.3. The van der Waals surface area contributed by atoms with Crippen LogP contribution in [0.5, 0.6) is 17.4 Å². The summed E-state index contributed by atoms with van der Waals surface area (Å²) in [6.07, 6.45) is 6.55. The van der Waals surface area contributed by atoms with Gasteiger partial charge < -0.3 is 28.9 Å². The van der Waals surface area contributed by atoms with Crippen molar-refractivity contribution in [2.75, 3.05) is 6.54 Å². The predicted octanol–water partition coefficient (Wildman–Crippen LogP) is 8.44. The number of nitrogens with one attached hydrogen (secondary N) is 2. The summed E-state index contributed by atoms with van der Waals surface area (Å²) in [6, 6.07) is 3.54. The fraction of sp³-hybridized carbons (Fsp3) is 0.681. The van der Waals surface area contributed by atoms with Gasteiger partial charge in [0, 0.05) is 29.9 Å². The molecule has 2 aromatic rings. The van der Waals surface area contributed by atoms with E-state index >= 15 is 0 Å². The number of carbonyl (C=O) groups excluding carboxylic acids is 4. The van der Waals surface area contributed by atoms with Crippen LogP contribution in [0.15, 0.2) is 30.4 Å². The third-order valence-electron chi connectivity index (χ3n) is 13.5. The summed E-state index contributed by atoms with van der Waals surface area (Å²) in [5.74, 6) is -0.346. The third-order valence-corrected chi connectivity index (χ3v) is 20.0. The molecule has 1 saturated heterocycles. The molecule has 1 aromatic heterocycles. The molecule has 6 rings (SSSR count). The second-order valence-corrected chi connectivity index (χ2v) is 28.2. The van der Waals surface area contributed by atoms with Crippen LogP contribution in [0.3, 0.4) is 0 Å². The predicted molar refractivity (Wildman–Crippen MR) is 245 cm³/mol. The average molecular weight is 911 g/mol. The summed E-state index contributed by atoms with van der Waals surface area (Å²) < 4.78 is 53.2. The lowest BCUT2D eigenvalue weighted by atomic mass is 9.91. The van der Waals surface area contributed by atoms with Crippen LogP contribution in [0.2, 0.25) is 18.1 Å². The maximum absolute atomic E-state index is 14.8. The van der Waals surface area contributed by atoms with Crippen molar-refractivity contribution in [1.82, 2.24) is 19.9 Å². The molecule has 348 valence electrons. The number of fused-ring (bicyclic) bond motifs is 3. The fourth-order valence-corrected chi connectivity index (χ4v) is 10.6. The van der Waals surface area contributed by atoms with Gasteiger partial charge in [-0.15, -0.1) is 0 Å². The summed E-state index contributed by atoms with van der Waals surface area (Å²) >= 11 is 0. The molecule has 2 N–H and O–H groups in total. The molecular weight excluding hydrogens is 841 g/mol. The van der Waals surface area contributed by atoms with Crippen LogP contribution in [-0.4, -0.2) is 91.5 Å². The van der Waals surface area contributed by atoms with Crippen molar-refractivity contribution in [3.63, 3.8) is 0 Å². The molecule has 2 saturated carbocycles. The minimum Gasteiger partial charge on any atom is -0.543 e. The van der Waals surface area contributed by atoms with E-state index in [1.54, 1.807) is 33.8 Å². The van der Waals surface area contributed by atoms with Gasteiger partial charge in [0.2, 0.25) is 36.0 Å². The van der Waals surface area contributed by atoms with Gasteiger partial charge in [-0.25, -0.2) is 18.2 Å². The number of alkyl carbamates (subject to hydrolysis) is 1. The maximum atomic E-state index is 14.8. The van der Waals surface area contributed by atoms with E-state index in [0.717, 1.165) is 24.2 Å². The first-order valence-electron chi connectivity index (χ1n) is 22.7. The topological polar surface area (TPSA) is 180 Å². The van der Waals surface area contributed by atoms with Crippen molar-refractivity contribution < 1.29 is 46.2 Å². The van der Waals surface area contributed by atoms with Crippen molar-refractivity contribution in [2.24, 2.45) is 11.3 Å². The number of sulfonamides is 1. The molecule has 2 aliphatic heterocycles. The van der Waals surface area contributed by atoms with Gasteiger partial charge in [0.1, 0.15) is 29.2 Å². The maximum Gasteiger partial charge on any atom is 0.408 e. The molecule has 3 fully saturated rings. The number of Topliss-reactive ketones (excluding diaryl/α,β-unsaturated/α-hetero) is 1. The molecule has 0 radical (unpaired) electrons. The number of ketones is 1. The van der Waals surface area contributed by atoms with Gasteiger partial charge in [0.15, 0.2) is 5.78 Å². The number of aryl methyl sites for hydroxylation is 1. The number of nitrogens with zero attached hydrogens (tertiary/aromatic N) is 2. The van der Waals surface area contributed by atoms with Crippen LogP contribution in [0, 0.1) is 18.3 Å². The minimum atomic E-state index is -3.98. The Morgan fingerprint density at radius 1 is 1.02 bits per heavy atom. The van der Waals surface area contributed by atoms with Gasteiger partial charge >= 0.3 is 6.09 Å². The summed E-state index contributed by atoms with van der Waals surface area (Å²) in [6.45, 7) is 23.6. The van der Waals surface area contributed by atoms with E-state index < -0.39 is 70.2 Å². The first-order chi connectivity index (χ1) is 29.2. The highest BCUT2D eigenvalue weighted by Crippen LogP contribution is 2.58. The molecule has 63 heavy (non-hydrogen) atoms. The standard InChI is InChI=1S/C47H70N4O10SSi/c1-29(2)58-39-25-38(33-20-21-37(30(3)40(33)49-39)61-63(11,12)45(7,8)9)59-32-24-35-36(52)27-47(42(54)50-62(56,57)46(10)22-23-46)26-31(47)18-16-14-13-15-17-19-34(41(53)51(35)28-32)48-43(55)60-44(4,5)6/h16,18,20-21,25,29,31-32,34-35H,13-15,17,19,22-24,26-28H2,1-12H3,(H,48,55)(H,50,54)/b18-16-/t31-,32-,34+,35+,47-/m1/s1. The third kappa shape index (κ3) is 10.9. The molecule has 0 bridgehead atoms. The Morgan fingerprint density at radius 3 is 2.35 bits per heavy atom. The van der Waals surface area contributed by atoms with Crippen molar-refractivity contribution in [2.45, 2.75) is 186 Å². The monoisotopic (exact) mass is 910 g/mol. The number of amides is 3. The zero-order valence-electron chi connectivity index (χ0n) is 39.4. The molecule has 3 amide bonds. The fourth-order valence-electron chi connectivity index (χ4n) is 8.21. The van der Waals surface area contributed by atoms with Gasteiger partial charge in [0.05, 0.1) is 34.4 Å². The zero-order valence-corrected chi connectivity index (χ0v) is 41.3. The molecule has 16 heteroatoms. The number of ether oxygens (including phenoxy) is 3. The molecule has 0 spiro atoms. The van der Waals surface area contributed by atoms with E-state index in [-0.39, 0.29) is 42.2 Å². The lowest BCUT2D eigenvalue weighted by molar-refractivity contribution is -0.140. The number of hydrogen-bond acceptors (Lipinski definition) is 11. The number of carbonyl (C=O) groups is 4. The SMILES string of the molecule is Cc1c(O[Si](C)(C)C(C)(C)C)ccc2c(O[C@@H]3C[C@H]4C(=O)C[C@]5(C(=O)NS(=O)(=O)C6(C)CC6)C[C@H]5/C=C\CCCCC[C@H](NC(=O)OC(C)(C)C)C(=O)N4C3)cc(OC(C)C)nc12. The van der Waals surface area contributed by atoms with Crippen molar-refractivity contribution in [3.8, 4) is 17.4 Å². The van der Waals surface area contributed by atoms with Gasteiger partial charge in [-0.3, -0.25) is 19.1 Å². The number of hydrogen-bond donors (Lipinski definition) is 2. The number of rotatable bonds is 10. The highest BCUT2D eigenvalue weighted by Gasteiger charge is 2.62. The van der Waals surface area contributed by atoms with E-state index in [4.69, 9.17) is 23.6 Å². The van der Waals surface area contributed by atoms with Crippen LogP contribution in [0.25, 0.3) is 10.9 Å². The molecule has 14 nitrogen and oxygen atoms in total. The number of pyridine rings is 1.